The van der Waals surface area contributed by atoms with E-state index in [9.17, 15) is 0 Å². The summed E-state index contributed by atoms with van der Waals surface area (Å²) in [5.41, 5.74) is 4.84. The van der Waals surface area contributed by atoms with E-state index in [0.29, 0.717) is 6.61 Å². The number of nitrogens with one attached hydrogen (secondary N) is 1. The van der Waals surface area contributed by atoms with Crippen LogP contribution in [0.3, 0.4) is 0 Å². The number of hydrogen-bond acceptors (Lipinski definition) is 3. The summed E-state index contributed by atoms with van der Waals surface area (Å²) in [7, 11) is 3.60. The highest BCUT2D eigenvalue weighted by atomic mass is 16.5. The Morgan fingerprint density at radius 1 is 1.00 bits per heavy atom. The van der Waals surface area contributed by atoms with Crippen LogP contribution in [-0.4, -0.2) is 14.2 Å². The summed E-state index contributed by atoms with van der Waals surface area (Å²) in [6.07, 6.45) is 0. The number of ether oxygens (including phenoxy) is 2. The standard InChI is InChI=1S/C18H23NO2/c1-13-5-6-14(2)16(9-13)12-21-18-10-17(20-4)8-7-15(18)11-19-3/h5-10,19H,11-12H2,1-4H3. The average molecular weight is 285 g/mol. The first kappa shape index (κ1) is 15.4. The van der Waals surface area contributed by atoms with Gasteiger partial charge in [0.2, 0.25) is 0 Å². The lowest BCUT2D eigenvalue weighted by Crippen LogP contribution is -2.08. The molecule has 0 fully saturated rings. The molecule has 0 saturated heterocycles. The lowest BCUT2D eigenvalue weighted by Gasteiger charge is -2.14. The molecule has 0 aliphatic heterocycles. The van der Waals surface area contributed by atoms with Gasteiger partial charge in [-0.25, -0.2) is 0 Å². The molecule has 0 radical (unpaired) electrons. The van der Waals surface area contributed by atoms with E-state index in [-0.39, 0.29) is 0 Å². The lowest BCUT2D eigenvalue weighted by molar-refractivity contribution is 0.299. The van der Waals surface area contributed by atoms with E-state index in [1.165, 1.54) is 16.7 Å². The highest BCUT2D eigenvalue weighted by molar-refractivity contribution is 5.41. The predicted molar refractivity (Wildman–Crippen MR) is 86.0 cm³/mol. The van der Waals surface area contributed by atoms with E-state index in [2.05, 4.69) is 37.4 Å². The van der Waals surface area contributed by atoms with E-state index in [0.717, 1.165) is 23.6 Å². The maximum absolute atomic E-state index is 6.03. The maximum atomic E-state index is 6.03. The Morgan fingerprint density at radius 3 is 2.52 bits per heavy atom. The molecule has 0 bridgehead atoms. The third-order valence-corrected chi connectivity index (χ3v) is 3.53. The minimum Gasteiger partial charge on any atom is -0.497 e. The third-order valence-electron chi connectivity index (χ3n) is 3.53. The molecule has 0 aliphatic carbocycles. The molecule has 2 rings (SSSR count). The fourth-order valence-corrected chi connectivity index (χ4v) is 2.24. The topological polar surface area (TPSA) is 30.5 Å². The second-order valence-corrected chi connectivity index (χ2v) is 5.22. The van der Waals surface area contributed by atoms with Crippen LogP contribution in [0.2, 0.25) is 0 Å². The Bertz CT molecular complexity index is 608. The summed E-state index contributed by atoms with van der Waals surface area (Å²) in [5, 5.41) is 3.16. The molecule has 2 aromatic rings. The zero-order chi connectivity index (χ0) is 15.2. The summed E-state index contributed by atoms with van der Waals surface area (Å²) in [6, 6.07) is 12.4. The van der Waals surface area contributed by atoms with Crippen LogP contribution >= 0.6 is 0 Å². The van der Waals surface area contributed by atoms with Gasteiger partial charge in [-0.2, -0.15) is 0 Å². The van der Waals surface area contributed by atoms with Gasteiger partial charge in [0, 0.05) is 18.2 Å². The monoisotopic (exact) mass is 285 g/mol. The van der Waals surface area contributed by atoms with Crippen molar-refractivity contribution in [3.05, 3.63) is 58.7 Å². The molecule has 0 unspecified atom stereocenters. The Hall–Kier alpha value is -2.00. The smallest absolute Gasteiger partial charge is 0.127 e. The highest BCUT2D eigenvalue weighted by Gasteiger charge is 2.07. The quantitative estimate of drug-likeness (QED) is 0.879. The molecular formula is C18H23NO2. The lowest BCUT2D eigenvalue weighted by atomic mass is 10.1. The van der Waals surface area contributed by atoms with Gasteiger partial charge in [-0.15, -0.1) is 0 Å². The molecule has 0 atom stereocenters. The van der Waals surface area contributed by atoms with Crippen molar-refractivity contribution in [2.75, 3.05) is 14.2 Å². The van der Waals surface area contributed by atoms with Crippen LogP contribution in [0.25, 0.3) is 0 Å². The number of rotatable bonds is 6. The van der Waals surface area contributed by atoms with Crippen LogP contribution < -0.4 is 14.8 Å². The molecule has 3 heteroatoms. The van der Waals surface area contributed by atoms with E-state index in [1.54, 1.807) is 7.11 Å². The van der Waals surface area contributed by atoms with Crippen molar-refractivity contribution in [1.29, 1.82) is 0 Å². The molecule has 112 valence electrons. The van der Waals surface area contributed by atoms with Crippen LogP contribution in [0.15, 0.2) is 36.4 Å². The van der Waals surface area contributed by atoms with Crippen LogP contribution in [0, 0.1) is 13.8 Å². The SMILES string of the molecule is CNCc1ccc(OC)cc1OCc1cc(C)ccc1C. The molecule has 0 amide bonds. The maximum Gasteiger partial charge on any atom is 0.127 e. The number of methoxy groups -OCH3 is 1. The Balaban J connectivity index is 2.19. The van der Waals surface area contributed by atoms with Gasteiger partial charge in [0.1, 0.15) is 18.1 Å². The second-order valence-electron chi connectivity index (χ2n) is 5.22. The molecule has 0 saturated carbocycles. The molecule has 0 heterocycles. The molecule has 0 spiro atoms. The van der Waals surface area contributed by atoms with E-state index < -0.39 is 0 Å². The van der Waals surface area contributed by atoms with Crippen molar-refractivity contribution in [1.82, 2.24) is 5.32 Å². The summed E-state index contributed by atoms with van der Waals surface area (Å²) < 4.78 is 11.3. The normalized spacial score (nSPS) is 10.5. The Morgan fingerprint density at radius 2 is 1.81 bits per heavy atom. The molecule has 0 aromatic heterocycles. The number of hydrogen-bond donors (Lipinski definition) is 1. The Kier molecular flexibility index (Phi) is 5.23. The van der Waals surface area contributed by atoms with Crippen LogP contribution in [0.1, 0.15) is 22.3 Å². The van der Waals surface area contributed by atoms with Crippen molar-refractivity contribution < 1.29 is 9.47 Å². The summed E-state index contributed by atoms with van der Waals surface area (Å²) >= 11 is 0. The second kappa shape index (κ2) is 7.14. The van der Waals surface area contributed by atoms with E-state index >= 15 is 0 Å². The van der Waals surface area contributed by atoms with Gasteiger partial charge in [0.15, 0.2) is 0 Å². The summed E-state index contributed by atoms with van der Waals surface area (Å²) in [5.74, 6) is 1.68. The van der Waals surface area contributed by atoms with Gasteiger partial charge in [0.25, 0.3) is 0 Å². The first-order valence-corrected chi connectivity index (χ1v) is 7.14. The molecular weight excluding hydrogens is 262 g/mol. The molecule has 21 heavy (non-hydrogen) atoms. The van der Waals surface area contributed by atoms with Crippen molar-refractivity contribution in [3.8, 4) is 11.5 Å². The predicted octanol–water partition coefficient (Wildman–Crippen LogP) is 3.61. The van der Waals surface area contributed by atoms with Crippen LogP contribution in [-0.2, 0) is 13.2 Å². The van der Waals surface area contributed by atoms with Crippen LogP contribution in [0.5, 0.6) is 11.5 Å². The molecule has 1 N–H and O–H groups in total. The minimum absolute atomic E-state index is 0.567. The summed E-state index contributed by atoms with van der Waals surface area (Å²) in [4.78, 5) is 0. The molecule has 3 nitrogen and oxygen atoms in total. The first-order chi connectivity index (χ1) is 10.1. The third kappa shape index (κ3) is 3.99. The van der Waals surface area contributed by atoms with E-state index in [1.807, 2.05) is 25.2 Å². The zero-order valence-electron chi connectivity index (χ0n) is 13.2. The largest absolute Gasteiger partial charge is 0.497 e. The van der Waals surface area contributed by atoms with Crippen molar-refractivity contribution >= 4 is 0 Å². The first-order valence-electron chi connectivity index (χ1n) is 7.14. The van der Waals surface area contributed by atoms with Gasteiger partial charge in [-0.05, 0) is 38.1 Å². The fraction of sp³-hybridized carbons (Fsp3) is 0.333. The van der Waals surface area contributed by atoms with Crippen molar-refractivity contribution in [3.63, 3.8) is 0 Å². The van der Waals surface area contributed by atoms with Crippen molar-refractivity contribution in [2.24, 2.45) is 0 Å². The zero-order valence-corrected chi connectivity index (χ0v) is 13.2. The van der Waals surface area contributed by atoms with Gasteiger partial charge in [0.05, 0.1) is 7.11 Å². The number of aryl methyl sites for hydroxylation is 2. The highest BCUT2D eigenvalue weighted by Crippen LogP contribution is 2.26. The summed E-state index contributed by atoms with van der Waals surface area (Å²) in [6.45, 7) is 5.54. The number of benzene rings is 2. The molecule has 2 aromatic carbocycles. The molecule has 0 aliphatic rings. The van der Waals surface area contributed by atoms with Crippen LogP contribution in [0.4, 0.5) is 0 Å². The van der Waals surface area contributed by atoms with E-state index in [4.69, 9.17) is 9.47 Å². The minimum atomic E-state index is 0.567. The van der Waals surface area contributed by atoms with Gasteiger partial charge in [-0.3, -0.25) is 0 Å². The van der Waals surface area contributed by atoms with Crippen molar-refractivity contribution in [2.45, 2.75) is 27.0 Å². The van der Waals surface area contributed by atoms with Gasteiger partial charge >= 0.3 is 0 Å². The van der Waals surface area contributed by atoms with Gasteiger partial charge in [-0.1, -0.05) is 29.8 Å². The van der Waals surface area contributed by atoms with Gasteiger partial charge < -0.3 is 14.8 Å². The average Bonchev–Trinajstić information content (AvgIpc) is 2.49. The fourth-order valence-electron chi connectivity index (χ4n) is 2.24. The Labute approximate surface area is 126 Å².